The summed E-state index contributed by atoms with van der Waals surface area (Å²) < 4.78 is 55.1. The first-order valence-electron chi connectivity index (χ1n) is 35.4. The van der Waals surface area contributed by atoms with Gasteiger partial charge in [0.15, 0.2) is 0 Å². The number of benzene rings is 9. The summed E-state index contributed by atoms with van der Waals surface area (Å²) in [4.78, 5) is 0. The predicted molar refractivity (Wildman–Crippen MR) is 385 cm³/mol. The van der Waals surface area contributed by atoms with Crippen LogP contribution < -0.4 is 37.9 Å². The van der Waals surface area contributed by atoms with Gasteiger partial charge in [-0.15, -0.1) is 0 Å². The Bertz CT molecular complexity index is 3530. The molecule has 0 saturated heterocycles. The number of hydrogen-bond donors (Lipinski definition) is 0. The van der Waals surface area contributed by atoms with E-state index in [4.69, 9.17) is 37.9 Å². The van der Waals surface area contributed by atoms with Gasteiger partial charge in [-0.25, -0.2) is 0 Å². The highest BCUT2D eigenvalue weighted by molar-refractivity contribution is 5.75. The fourth-order valence-corrected chi connectivity index (χ4v) is 13.5. The maximum absolute atomic E-state index is 7.03. The highest BCUT2D eigenvalue weighted by atomic mass is 16.5. The molecule has 0 heterocycles. The molecule has 0 aromatic heterocycles. The maximum Gasteiger partial charge on any atom is 0.126 e. The summed E-state index contributed by atoms with van der Waals surface area (Å²) in [5.74, 6) is 7.54. The lowest BCUT2D eigenvalue weighted by Gasteiger charge is -2.23. The highest BCUT2D eigenvalue weighted by Crippen LogP contribution is 2.45. The Morgan fingerprint density at radius 3 is 0.468 bits per heavy atom. The van der Waals surface area contributed by atoms with E-state index in [0.29, 0.717) is 104 Å². The standard InChI is InChI=1S/C86H98O8/c1-9-39-87-79-61-23-17-24-62(79)48-66-28-20-32-70(82(66)90-42-12-4)52-76-56-73(55-75(85(76)93-45-15-7)51-69-31-19-27-65(47-61)81(69)89-41-11-3)59-35-37-60(38-36-59)74-57-77-53-71-33-21-29-67(83(71)91-43-13-5)49-63-25-18-26-64(80(63)88-40-10-2)50-68-30-22-34-72(84(68)92-44-14-6)54-78(58-74)86(77)94-46-16-8/h17-38,55-58H,9-16,39-54H2,1-8H3. The average Bonchev–Trinajstić information content (AvgIpc) is 0.805. The number of ether oxygens (including phenoxy) is 8. The van der Waals surface area contributed by atoms with Gasteiger partial charge in [0.05, 0.1) is 52.9 Å². The van der Waals surface area contributed by atoms with Gasteiger partial charge in [0.2, 0.25) is 0 Å². The van der Waals surface area contributed by atoms with Gasteiger partial charge in [0, 0.05) is 51.4 Å². The van der Waals surface area contributed by atoms with Crippen molar-refractivity contribution in [3.05, 3.63) is 247 Å². The summed E-state index contributed by atoms with van der Waals surface area (Å²) in [5.41, 5.74) is 22.7. The van der Waals surface area contributed by atoms with Gasteiger partial charge in [-0.1, -0.05) is 189 Å². The van der Waals surface area contributed by atoms with Crippen LogP contribution in [0.3, 0.4) is 0 Å². The van der Waals surface area contributed by atoms with Crippen LogP contribution >= 0.6 is 0 Å². The molecule has 94 heavy (non-hydrogen) atoms. The Hall–Kier alpha value is -8.62. The Morgan fingerprint density at radius 1 is 0.181 bits per heavy atom. The summed E-state index contributed by atoms with van der Waals surface area (Å²) in [7, 11) is 0. The molecule has 16 bridgehead atoms. The van der Waals surface area contributed by atoms with Crippen LogP contribution in [0.25, 0.3) is 22.3 Å². The predicted octanol–water partition coefficient (Wildman–Crippen LogP) is 20.7. The van der Waals surface area contributed by atoms with E-state index < -0.39 is 0 Å². The summed E-state index contributed by atoms with van der Waals surface area (Å²) in [6.45, 7) is 22.3. The van der Waals surface area contributed by atoms with Crippen LogP contribution in [0.1, 0.15) is 196 Å². The summed E-state index contributed by atoms with van der Waals surface area (Å²) in [6.07, 6.45) is 12.3. The first-order chi connectivity index (χ1) is 46.3. The molecule has 0 saturated carbocycles. The van der Waals surface area contributed by atoms with Crippen molar-refractivity contribution in [1.82, 2.24) is 0 Å². The molecule has 8 heteroatoms. The van der Waals surface area contributed by atoms with Crippen molar-refractivity contribution in [3.63, 3.8) is 0 Å². The summed E-state index contributed by atoms with van der Waals surface area (Å²) in [6, 6.07) is 58.7. The Morgan fingerprint density at radius 2 is 0.319 bits per heavy atom. The topological polar surface area (TPSA) is 73.8 Å². The molecule has 0 atom stereocenters. The molecule has 0 amide bonds. The van der Waals surface area contributed by atoms with Crippen LogP contribution in [0, 0.1) is 0 Å². The molecule has 490 valence electrons. The molecule has 8 nitrogen and oxygen atoms in total. The largest absolute Gasteiger partial charge is 0.493 e. The molecular weight excluding hydrogens is 1160 g/mol. The van der Waals surface area contributed by atoms with E-state index in [9.17, 15) is 0 Å². The van der Waals surface area contributed by atoms with Crippen LogP contribution in [0.4, 0.5) is 0 Å². The van der Waals surface area contributed by atoms with Gasteiger partial charge in [-0.3, -0.25) is 0 Å². The van der Waals surface area contributed by atoms with Gasteiger partial charge in [-0.2, -0.15) is 0 Å². The number of fused-ring (bicyclic) bond motifs is 16. The lowest BCUT2D eigenvalue weighted by atomic mass is 9.88. The number of para-hydroxylation sites is 6. The number of hydrogen-bond acceptors (Lipinski definition) is 8. The van der Waals surface area contributed by atoms with Crippen LogP contribution in [0.2, 0.25) is 0 Å². The average molecular weight is 1260 g/mol. The fourth-order valence-electron chi connectivity index (χ4n) is 13.5. The molecule has 2 aliphatic carbocycles. The Kier molecular flexibility index (Phi) is 23.4. The first-order valence-corrected chi connectivity index (χ1v) is 35.4. The molecule has 0 fully saturated rings. The molecular formula is C86H98O8. The Balaban J connectivity index is 1.07. The summed E-state index contributed by atoms with van der Waals surface area (Å²) in [5, 5.41) is 0. The van der Waals surface area contributed by atoms with E-state index >= 15 is 0 Å². The zero-order valence-electron chi connectivity index (χ0n) is 57.2. The van der Waals surface area contributed by atoms with Gasteiger partial charge in [0.1, 0.15) is 46.0 Å². The maximum atomic E-state index is 7.03. The van der Waals surface area contributed by atoms with Gasteiger partial charge in [0.25, 0.3) is 0 Å². The van der Waals surface area contributed by atoms with E-state index in [1.807, 2.05) is 0 Å². The minimum atomic E-state index is 0.592. The van der Waals surface area contributed by atoms with Gasteiger partial charge in [-0.05, 0) is 187 Å². The minimum absolute atomic E-state index is 0.592. The van der Waals surface area contributed by atoms with E-state index in [1.165, 1.54) is 0 Å². The van der Waals surface area contributed by atoms with Gasteiger partial charge < -0.3 is 37.9 Å². The van der Waals surface area contributed by atoms with Crippen molar-refractivity contribution < 1.29 is 37.9 Å². The third kappa shape index (κ3) is 15.8. The lowest BCUT2D eigenvalue weighted by molar-refractivity contribution is 0.304. The molecule has 9 aromatic rings. The summed E-state index contributed by atoms with van der Waals surface area (Å²) >= 11 is 0. The molecule has 2 aliphatic rings. The van der Waals surface area contributed by atoms with E-state index in [-0.39, 0.29) is 0 Å². The second-order valence-electron chi connectivity index (χ2n) is 25.5. The molecule has 0 radical (unpaired) electrons. The van der Waals surface area contributed by atoms with E-state index in [0.717, 1.165) is 209 Å². The van der Waals surface area contributed by atoms with Crippen molar-refractivity contribution in [1.29, 1.82) is 0 Å². The SMILES string of the molecule is CCCOc1c2cccc1Cc1cccc(c1OCCC)Cc1cc(-c3ccc(-c4cc5c(OCCC)c(c4)Cc4cccc(c4OCCC)Cc4cccc(c4OCCC)Cc4cccc(c4OCCC)C5)cc3)cc(c1OCCC)Cc1cccc(c1OCCC)C2. The van der Waals surface area contributed by atoms with Crippen molar-refractivity contribution >= 4 is 0 Å². The molecule has 0 aliphatic heterocycles. The molecule has 11 rings (SSSR count). The third-order valence-corrected chi connectivity index (χ3v) is 17.8. The molecule has 9 aromatic carbocycles. The zero-order chi connectivity index (χ0) is 65.2. The zero-order valence-corrected chi connectivity index (χ0v) is 57.2. The van der Waals surface area contributed by atoms with Crippen molar-refractivity contribution in [2.45, 2.75) is 158 Å². The smallest absolute Gasteiger partial charge is 0.126 e. The van der Waals surface area contributed by atoms with Crippen molar-refractivity contribution in [3.8, 4) is 68.2 Å². The Labute approximate surface area is 560 Å². The van der Waals surface area contributed by atoms with Crippen LogP contribution in [-0.2, 0) is 51.4 Å². The van der Waals surface area contributed by atoms with Crippen molar-refractivity contribution in [2.24, 2.45) is 0 Å². The van der Waals surface area contributed by atoms with E-state index in [1.54, 1.807) is 0 Å². The van der Waals surface area contributed by atoms with Crippen LogP contribution in [-0.4, -0.2) is 52.9 Å². The van der Waals surface area contributed by atoms with Crippen molar-refractivity contribution in [2.75, 3.05) is 52.9 Å². The number of rotatable bonds is 26. The van der Waals surface area contributed by atoms with Crippen LogP contribution in [0.5, 0.6) is 46.0 Å². The first kappa shape index (κ1) is 66.8. The van der Waals surface area contributed by atoms with E-state index in [2.05, 4.69) is 213 Å². The monoisotopic (exact) mass is 1260 g/mol. The molecule has 0 N–H and O–H groups in total. The highest BCUT2D eigenvalue weighted by Gasteiger charge is 2.26. The van der Waals surface area contributed by atoms with Crippen LogP contribution in [0.15, 0.2) is 158 Å². The quantitative estimate of drug-likeness (QED) is 0.0531. The normalized spacial score (nSPS) is 12.6. The second kappa shape index (κ2) is 33.0. The molecule has 0 spiro atoms. The minimum Gasteiger partial charge on any atom is -0.493 e. The lowest BCUT2D eigenvalue weighted by Crippen LogP contribution is -2.10. The second-order valence-corrected chi connectivity index (χ2v) is 25.5. The fraction of sp³-hybridized carbons (Fsp3) is 0.372. The van der Waals surface area contributed by atoms with Gasteiger partial charge >= 0.3 is 0 Å². The molecule has 0 unspecified atom stereocenters. The third-order valence-electron chi connectivity index (χ3n) is 17.8.